The third kappa shape index (κ3) is 5.36. The van der Waals surface area contributed by atoms with Gasteiger partial charge in [0.2, 0.25) is 0 Å². The van der Waals surface area contributed by atoms with Crippen molar-refractivity contribution in [2.24, 2.45) is 0 Å². The zero-order valence-corrected chi connectivity index (χ0v) is 7.07. The Labute approximate surface area is 53.5 Å². The Balaban J connectivity index is 2.49. The van der Waals surface area contributed by atoms with Gasteiger partial charge in [0.1, 0.15) is 0 Å². The van der Waals surface area contributed by atoms with Crippen LogP contribution in [-0.2, 0) is 0 Å². The number of hydrogen-bond acceptors (Lipinski definition) is 3. The maximum atomic E-state index is 4.66. The molecule has 35 valence electrons. The van der Waals surface area contributed by atoms with Gasteiger partial charge in [-0.1, -0.05) is 37.7 Å². The van der Waals surface area contributed by atoms with E-state index in [9.17, 15) is 0 Å². The summed E-state index contributed by atoms with van der Waals surface area (Å²) in [5.41, 5.74) is 0. The maximum absolute atomic E-state index is 4.66. The van der Waals surface area contributed by atoms with E-state index in [0.29, 0.717) is 0 Å². The molecule has 0 aromatic carbocycles. The molecule has 0 bridgehead atoms. The van der Waals surface area contributed by atoms with E-state index in [2.05, 4.69) is 29.2 Å². The third-order valence-electron chi connectivity index (χ3n) is 0.182. The SMILES string of the molecule is PNN[B]I=S. The van der Waals surface area contributed by atoms with E-state index in [4.69, 9.17) is 0 Å². The van der Waals surface area contributed by atoms with E-state index >= 15 is 0 Å². The summed E-state index contributed by atoms with van der Waals surface area (Å²) in [5.74, 6) is 0. The van der Waals surface area contributed by atoms with Crippen LogP contribution in [0.4, 0.5) is 0 Å². The van der Waals surface area contributed by atoms with Gasteiger partial charge in [0.25, 0.3) is 0 Å². The quantitative estimate of drug-likeness (QED) is 0.244. The Morgan fingerprint density at radius 2 is 2.50 bits per heavy atom. The van der Waals surface area contributed by atoms with Crippen LogP contribution in [0.3, 0.4) is 0 Å². The van der Waals surface area contributed by atoms with Gasteiger partial charge >= 0.3 is 5.27 Å². The molecule has 2 nitrogen and oxygen atoms in total. The van der Waals surface area contributed by atoms with Crippen LogP contribution in [-0.4, -0.2) is 5.27 Å². The van der Waals surface area contributed by atoms with E-state index in [1.165, 1.54) is 0 Å². The first kappa shape index (κ1) is 7.36. The van der Waals surface area contributed by atoms with Crippen molar-refractivity contribution in [3.05, 3.63) is 0 Å². The average Bonchev–Trinajstić information content (AvgIpc) is 1.61. The molecule has 0 saturated heterocycles. The molecule has 0 saturated carbocycles. The van der Waals surface area contributed by atoms with Crippen LogP contribution in [0.2, 0.25) is 0 Å². The van der Waals surface area contributed by atoms with Crippen LogP contribution in [0, 0.1) is 0 Å². The summed E-state index contributed by atoms with van der Waals surface area (Å²) >= 11 is -0.128. The summed E-state index contributed by atoms with van der Waals surface area (Å²) < 4.78 is 0. The first-order chi connectivity index (χ1) is 2.91. The second-order valence-corrected chi connectivity index (χ2v) is 3.10. The van der Waals surface area contributed by atoms with Crippen molar-refractivity contribution in [2.75, 3.05) is 0 Å². The Hall–Kier alpha value is 1.36. The normalized spacial score (nSPS) is 8.17. The van der Waals surface area contributed by atoms with Crippen molar-refractivity contribution >= 4 is 43.0 Å². The van der Waals surface area contributed by atoms with Crippen LogP contribution in [0.15, 0.2) is 0 Å². The fourth-order valence-corrected chi connectivity index (χ4v) is 1.08. The molecule has 2 N–H and O–H groups in total. The molecule has 1 unspecified atom stereocenters. The number of rotatable bonds is 3. The zero-order chi connectivity index (χ0) is 4.83. The lowest BCUT2D eigenvalue weighted by Crippen LogP contribution is -2.22. The summed E-state index contributed by atoms with van der Waals surface area (Å²) in [7, 11) is 6.97. The molecule has 1 radical (unpaired) electrons. The predicted octanol–water partition coefficient (Wildman–Crippen LogP) is 0.488. The molecule has 0 aromatic rings. The highest BCUT2D eigenvalue weighted by Crippen LogP contribution is 1.87. The fourth-order valence-electron chi connectivity index (χ4n) is 0.0538. The van der Waals surface area contributed by atoms with Crippen LogP contribution in [0.1, 0.15) is 0 Å². The monoisotopic (exact) mass is 233 g/mol. The van der Waals surface area contributed by atoms with E-state index in [0.717, 1.165) is 0 Å². The maximum Gasteiger partial charge on any atom is 0.316 e. The summed E-state index contributed by atoms with van der Waals surface area (Å²) in [6.45, 7) is 0. The minimum atomic E-state index is -0.128. The molecule has 0 aliphatic heterocycles. The lowest BCUT2D eigenvalue weighted by molar-refractivity contribution is 0.982. The van der Waals surface area contributed by atoms with Gasteiger partial charge in [-0.25, -0.2) is 0 Å². The van der Waals surface area contributed by atoms with Gasteiger partial charge in [-0.3, -0.25) is 10.5 Å². The van der Waals surface area contributed by atoms with E-state index in [1.54, 1.807) is 0 Å². The Morgan fingerprint density at radius 1 is 1.83 bits per heavy atom. The van der Waals surface area contributed by atoms with Gasteiger partial charge in [-0.2, -0.15) is 0 Å². The minimum absolute atomic E-state index is 0.128. The van der Waals surface area contributed by atoms with Crippen molar-refractivity contribution in [3.63, 3.8) is 0 Å². The largest absolute Gasteiger partial charge is 0.316 e. The Kier molecular flexibility index (Phi) is 7.81. The van der Waals surface area contributed by atoms with Crippen molar-refractivity contribution in [3.8, 4) is 0 Å². The Bertz CT molecular complexity index is 42.5. The molecule has 6 heavy (non-hydrogen) atoms. The molecular weight excluding hydrogens is 229 g/mol. The van der Waals surface area contributed by atoms with Gasteiger partial charge < -0.3 is 0 Å². The molecule has 0 rings (SSSR count). The van der Waals surface area contributed by atoms with E-state index in [1.807, 2.05) is 5.27 Å². The smallest absolute Gasteiger partial charge is 0.286 e. The van der Waals surface area contributed by atoms with Gasteiger partial charge in [0.05, 0.1) is 0 Å². The van der Waals surface area contributed by atoms with Gasteiger partial charge in [-0.15, -0.1) is 0 Å². The van der Waals surface area contributed by atoms with Gasteiger partial charge in [0.15, 0.2) is 0 Å². The Morgan fingerprint density at radius 3 is 2.67 bits per heavy atom. The summed E-state index contributed by atoms with van der Waals surface area (Å²) in [4.78, 5) is 0. The summed E-state index contributed by atoms with van der Waals surface area (Å²) in [6.07, 6.45) is 0. The van der Waals surface area contributed by atoms with Crippen molar-refractivity contribution in [1.29, 1.82) is 0 Å². The topological polar surface area (TPSA) is 24.1 Å². The lowest BCUT2D eigenvalue weighted by Gasteiger charge is -1.87. The third-order valence-corrected chi connectivity index (χ3v) is 1.51. The highest BCUT2D eigenvalue weighted by Gasteiger charge is 1.73. The molecular formula is H4BIN2PS. The second kappa shape index (κ2) is 6.36. The van der Waals surface area contributed by atoms with Crippen molar-refractivity contribution in [2.45, 2.75) is 0 Å². The van der Waals surface area contributed by atoms with Crippen molar-refractivity contribution < 1.29 is 0 Å². The van der Waals surface area contributed by atoms with Crippen LogP contribution in [0.25, 0.3) is 0 Å². The molecule has 0 aliphatic rings. The van der Waals surface area contributed by atoms with E-state index in [-0.39, 0.29) is 19.0 Å². The van der Waals surface area contributed by atoms with Crippen LogP contribution >= 0.6 is 37.7 Å². The zero-order valence-electron chi connectivity index (χ0n) is 2.94. The molecule has 1 atom stereocenters. The number of hydrazine groups is 1. The average molecular weight is 233 g/mol. The molecule has 0 aromatic heterocycles. The van der Waals surface area contributed by atoms with Gasteiger partial charge in [-0.05, 0) is 0 Å². The molecule has 0 aliphatic carbocycles. The highest BCUT2D eigenvalue weighted by molar-refractivity contribution is 14.2. The second-order valence-electron chi connectivity index (χ2n) is 0.487. The number of halogens is 1. The van der Waals surface area contributed by atoms with E-state index < -0.39 is 0 Å². The summed E-state index contributed by atoms with van der Waals surface area (Å²) in [5, 5.41) is 7.22. The predicted molar refractivity (Wildman–Crippen MR) is 43.3 cm³/mol. The number of nitrogens with one attached hydrogen (secondary N) is 2. The molecule has 0 amide bonds. The standard InChI is InChI=1S/BH4IN2PS/c5-4-3-1-2-6/h3-4H,5H2. The minimum Gasteiger partial charge on any atom is -0.286 e. The van der Waals surface area contributed by atoms with Crippen LogP contribution < -0.4 is 10.5 Å². The highest BCUT2D eigenvalue weighted by atomic mass is 127. The lowest BCUT2D eigenvalue weighted by atomic mass is 10.5. The fraction of sp³-hybridized carbons (Fsp3) is 0. The molecule has 6 heteroatoms. The molecule has 0 fully saturated rings. The number of hydrogen-bond donors (Lipinski definition) is 2. The first-order valence-corrected chi connectivity index (χ1v) is 5.97. The summed E-state index contributed by atoms with van der Waals surface area (Å²) in [6, 6.07) is 0. The van der Waals surface area contributed by atoms with Crippen LogP contribution in [0.5, 0.6) is 0 Å². The first-order valence-electron chi connectivity index (χ1n) is 1.20. The molecule has 0 heterocycles. The molecule has 0 spiro atoms. The van der Waals surface area contributed by atoms with Gasteiger partial charge in [0, 0.05) is 0 Å². The van der Waals surface area contributed by atoms with Crippen molar-refractivity contribution in [1.82, 2.24) is 10.5 Å².